The van der Waals surface area contributed by atoms with E-state index in [1.807, 2.05) is 23.3 Å². The van der Waals surface area contributed by atoms with Crippen LogP contribution in [-0.4, -0.2) is 32.3 Å². The highest BCUT2D eigenvalue weighted by atomic mass is 32.1. The molecule has 3 rings (SSSR count). The van der Waals surface area contributed by atoms with E-state index < -0.39 is 0 Å². The Balaban J connectivity index is 1.73. The van der Waals surface area contributed by atoms with E-state index in [2.05, 4.69) is 15.0 Å². The van der Waals surface area contributed by atoms with Crippen molar-refractivity contribution in [3.05, 3.63) is 40.4 Å². The molecule has 1 saturated heterocycles. The molecule has 1 aliphatic heterocycles. The van der Waals surface area contributed by atoms with Gasteiger partial charge in [-0.1, -0.05) is 0 Å². The molecule has 1 atom stereocenters. The second-order valence-electron chi connectivity index (χ2n) is 4.91. The Morgan fingerprint density at radius 1 is 1.55 bits per heavy atom. The zero-order valence-electron chi connectivity index (χ0n) is 11.3. The van der Waals surface area contributed by atoms with E-state index in [4.69, 9.17) is 0 Å². The van der Waals surface area contributed by atoms with Gasteiger partial charge in [-0.05, 0) is 25.8 Å². The minimum atomic E-state index is 0.0882. The zero-order chi connectivity index (χ0) is 13.9. The van der Waals surface area contributed by atoms with Gasteiger partial charge in [-0.2, -0.15) is 0 Å². The molecule has 1 fully saturated rings. The van der Waals surface area contributed by atoms with Gasteiger partial charge >= 0.3 is 0 Å². The lowest BCUT2D eigenvalue weighted by Crippen LogP contribution is -2.32. The van der Waals surface area contributed by atoms with Crippen molar-refractivity contribution in [1.82, 2.24) is 19.9 Å². The van der Waals surface area contributed by atoms with Crippen LogP contribution in [0.4, 0.5) is 0 Å². The molecule has 0 aromatic carbocycles. The molecule has 0 aliphatic carbocycles. The first-order chi connectivity index (χ1) is 9.74. The van der Waals surface area contributed by atoms with Crippen LogP contribution in [0.2, 0.25) is 0 Å². The van der Waals surface area contributed by atoms with Gasteiger partial charge in [0.05, 0.1) is 28.9 Å². The molecule has 0 saturated carbocycles. The first-order valence-corrected chi connectivity index (χ1v) is 7.58. The molecule has 6 heteroatoms. The fraction of sp³-hybridized carbons (Fsp3) is 0.429. The van der Waals surface area contributed by atoms with Gasteiger partial charge in [0.15, 0.2) is 0 Å². The monoisotopic (exact) mass is 288 g/mol. The zero-order valence-corrected chi connectivity index (χ0v) is 12.1. The van der Waals surface area contributed by atoms with E-state index in [0.717, 1.165) is 35.8 Å². The third kappa shape index (κ3) is 2.70. The summed E-state index contributed by atoms with van der Waals surface area (Å²) < 4.78 is 0. The second-order valence-corrected chi connectivity index (χ2v) is 5.98. The third-order valence-corrected chi connectivity index (χ3v) is 4.34. The number of aromatic nitrogens is 3. The molecule has 0 N–H and O–H groups in total. The van der Waals surface area contributed by atoms with Crippen molar-refractivity contribution in [2.75, 3.05) is 6.54 Å². The number of rotatable bonds is 3. The SMILES string of the molecule is Cc1nc(CC(=O)N2CCC[C@@H]2c2ccncn2)cs1. The lowest BCUT2D eigenvalue weighted by molar-refractivity contribution is -0.131. The molecule has 5 nitrogen and oxygen atoms in total. The summed E-state index contributed by atoms with van der Waals surface area (Å²) in [5, 5.41) is 2.96. The van der Waals surface area contributed by atoms with Crippen molar-refractivity contribution in [2.24, 2.45) is 0 Å². The number of amides is 1. The Labute approximate surface area is 121 Å². The van der Waals surface area contributed by atoms with Crippen LogP contribution in [0, 0.1) is 6.92 Å². The topological polar surface area (TPSA) is 59.0 Å². The van der Waals surface area contributed by atoms with Gasteiger partial charge in [0.25, 0.3) is 0 Å². The number of carbonyl (C=O) groups is 1. The molecule has 0 bridgehead atoms. The summed E-state index contributed by atoms with van der Waals surface area (Å²) in [5.41, 5.74) is 1.80. The summed E-state index contributed by atoms with van der Waals surface area (Å²) >= 11 is 1.58. The van der Waals surface area contributed by atoms with Crippen LogP contribution in [0.1, 0.15) is 35.3 Å². The molecule has 2 aromatic rings. The van der Waals surface area contributed by atoms with Crippen LogP contribution < -0.4 is 0 Å². The molecule has 3 heterocycles. The van der Waals surface area contributed by atoms with Crippen LogP contribution in [0.3, 0.4) is 0 Å². The number of thiazole rings is 1. The molecular formula is C14H16N4OS. The fourth-order valence-corrected chi connectivity index (χ4v) is 3.23. The van der Waals surface area contributed by atoms with Crippen molar-refractivity contribution in [3.63, 3.8) is 0 Å². The molecule has 1 aliphatic rings. The van der Waals surface area contributed by atoms with Crippen LogP contribution in [0.5, 0.6) is 0 Å². The van der Waals surface area contributed by atoms with Crippen LogP contribution >= 0.6 is 11.3 Å². The summed E-state index contributed by atoms with van der Waals surface area (Å²) in [7, 11) is 0. The van der Waals surface area contributed by atoms with E-state index in [9.17, 15) is 4.79 Å². The van der Waals surface area contributed by atoms with E-state index in [0.29, 0.717) is 6.42 Å². The van der Waals surface area contributed by atoms with Crippen molar-refractivity contribution in [3.8, 4) is 0 Å². The average molecular weight is 288 g/mol. The van der Waals surface area contributed by atoms with Crippen molar-refractivity contribution < 1.29 is 4.79 Å². The maximum atomic E-state index is 12.5. The van der Waals surface area contributed by atoms with Gasteiger partial charge in [-0.15, -0.1) is 11.3 Å². The quantitative estimate of drug-likeness (QED) is 0.868. The van der Waals surface area contributed by atoms with Gasteiger partial charge < -0.3 is 4.90 Å². The molecule has 104 valence electrons. The molecule has 20 heavy (non-hydrogen) atoms. The summed E-state index contributed by atoms with van der Waals surface area (Å²) in [6, 6.07) is 1.98. The summed E-state index contributed by atoms with van der Waals surface area (Å²) in [6.07, 6.45) is 5.65. The maximum Gasteiger partial charge on any atom is 0.229 e. The number of likely N-dealkylation sites (tertiary alicyclic amines) is 1. The number of hydrogen-bond acceptors (Lipinski definition) is 5. The Morgan fingerprint density at radius 3 is 3.15 bits per heavy atom. The molecule has 0 radical (unpaired) electrons. The fourth-order valence-electron chi connectivity index (χ4n) is 2.62. The largest absolute Gasteiger partial charge is 0.334 e. The van der Waals surface area contributed by atoms with Gasteiger partial charge in [0.2, 0.25) is 5.91 Å². The van der Waals surface area contributed by atoms with Crippen molar-refractivity contribution >= 4 is 17.2 Å². The average Bonchev–Trinajstić information content (AvgIpc) is 3.09. The lowest BCUT2D eigenvalue weighted by atomic mass is 10.1. The summed E-state index contributed by atoms with van der Waals surface area (Å²) in [4.78, 5) is 27.0. The number of nitrogens with zero attached hydrogens (tertiary/aromatic N) is 4. The van der Waals surface area contributed by atoms with E-state index >= 15 is 0 Å². The normalized spacial score (nSPS) is 18.4. The van der Waals surface area contributed by atoms with E-state index in [1.165, 1.54) is 0 Å². The smallest absolute Gasteiger partial charge is 0.229 e. The maximum absolute atomic E-state index is 12.5. The molecular weight excluding hydrogens is 272 g/mol. The van der Waals surface area contributed by atoms with Gasteiger partial charge in [0, 0.05) is 18.1 Å². The summed E-state index contributed by atoms with van der Waals surface area (Å²) in [5.74, 6) is 0.136. The Hall–Kier alpha value is -1.82. The van der Waals surface area contributed by atoms with Gasteiger partial charge in [0.1, 0.15) is 6.33 Å². The van der Waals surface area contributed by atoms with Crippen LogP contribution in [0.15, 0.2) is 24.0 Å². The second kappa shape index (κ2) is 5.66. The van der Waals surface area contributed by atoms with E-state index in [-0.39, 0.29) is 11.9 Å². The van der Waals surface area contributed by atoms with E-state index in [1.54, 1.807) is 23.9 Å². The van der Waals surface area contributed by atoms with Crippen LogP contribution in [0.25, 0.3) is 0 Å². The highest BCUT2D eigenvalue weighted by Gasteiger charge is 2.30. The van der Waals surface area contributed by atoms with Crippen molar-refractivity contribution in [2.45, 2.75) is 32.2 Å². The minimum absolute atomic E-state index is 0.0882. The Bertz CT molecular complexity index is 598. The molecule has 2 aromatic heterocycles. The Morgan fingerprint density at radius 2 is 2.45 bits per heavy atom. The van der Waals surface area contributed by atoms with Crippen LogP contribution in [-0.2, 0) is 11.2 Å². The predicted octanol–water partition coefficient (Wildman–Crippen LogP) is 2.15. The number of carbonyl (C=O) groups excluding carboxylic acids is 1. The summed E-state index contributed by atoms with van der Waals surface area (Å²) in [6.45, 7) is 2.76. The standard InChI is InChI=1S/C14H16N4OS/c1-10-17-11(8-20-10)7-14(19)18-6-2-3-13(18)12-4-5-15-9-16-12/h4-5,8-9,13H,2-3,6-7H2,1H3/t13-/m1/s1. The van der Waals surface area contributed by atoms with Gasteiger partial charge in [-0.3, -0.25) is 4.79 Å². The number of aryl methyl sites for hydroxylation is 1. The molecule has 1 amide bonds. The lowest BCUT2D eigenvalue weighted by Gasteiger charge is -2.23. The van der Waals surface area contributed by atoms with Gasteiger partial charge in [-0.25, -0.2) is 15.0 Å². The highest BCUT2D eigenvalue weighted by Crippen LogP contribution is 2.30. The number of hydrogen-bond donors (Lipinski definition) is 0. The molecule has 0 unspecified atom stereocenters. The van der Waals surface area contributed by atoms with Crippen molar-refractivity contribution in [1.29, 1.82) is 0 Å². The predicted molar refractivity (Wildman–Crippen MR) is 76.3 cm³/mol. The first kappa shape index (κ1) is 13.2. The first-order valence-electron chi connectivity index (χ1n) is 6.70. The minimum Gasteiger partial charge on any atom is -0.334 e. The third-order valence-electron chi connectivity index (χ3n) is 3.52. The molecule has 0 spiro atoms. The Kier molecular flexibility index (Phi) is 3.73. The highest BCUT2D eigenvalue weighted by molar-refractivity contribution is 7.09.